The van der Waals surface area contributed by atoms with Crippen LogP contribution in [0.1, 0.15) is 53.3 Å². The minimum Gasteiger partial charge on any atom is -0.392 e. The molecule has 6 heteroatoms. The number of carbonyl (C=O) groups is 4. The smallest absolute Gasteiger partial charge is 0.346 e. The minimum atomic E-state index is -0.550. The van der Waals surface area contributed by atoms with E-state index in [2.05, 4.69) is 9.47 Å². The van der Waals surface area contributed by atoms with Gasteiger partial charge in [0.15, 0.2) is 0 Å². The highest BCUT2D eigenvalue weighted by atomic mass is 16.6. The number of hydrogen-bond donors (Lipinski definition) is 0. The van der Waals surface area contributed by atoms with Crippen LogP contribution in [0.15, 0.2) is 24.3 Å². The van der Waals surface area contributed by atoms with Crippen LogP contribution in [-0.4, -0.2) is 23.9 Å². The van der Waals surface area contributed by atoms with Gasteiger partial charge in [0, 0.05) is 0 Å². The number of carbonyl (C=O) groups excluding carboxylic acids is 4. The van der Waals surface area contributed by atoms with Crippen molar-refractivity contribution in [2.24, 2.45) is 11.3 Å². The number of fused-ring (bicyclic) bond motifs is 2. The maximum atomic E-state index is 11.3. The van der Waals surface area contributed by atoms with Gasteiger partial charge >= 0.3 is 23.9 Å². The molecule has 2 unspecified atom stereocenters. The van der Waals surface area contributed by atoms with E-state index in [-0.39, 0.29) is 17.9 Å². The zero-order valence-corrected chi connectivity index (χ0v) is 12.7. The van der Waals surface area contributed by atoms with Gasteiger partial charge in [-0.3, -0.25) is 9.59 Å². The summed E-state index contributed by atoms with van der Waals surface area (Å²) in [5, 5.41) is 0. The van der Waals surface area contributed by atoms with Crippen LogP contribution in [-0.2, 0) is 19.1 Å². The van der Waals surface area contributed by atoms with Crippen LogP contribution in [0.3, 0.4) is 0 Å². The zero-order chi connectivity index (χ0) is 16.6. The van der Waals surface area contributed by atoms with Crippen LogP contribution in [0.2, 0.25) is 0 Å². The van der Waals surface area contributed by atoms with Gasteiger partial charge < -0.3 is 9.47 Å². The highest BCUT2D eigenvalue weighted by Gasteiger charge is 2.54. The lowest BCUT2D eigenvalue weighted by Gasteiger charge is -2.29. The molecular formula is C17H16O6. The number of esters is 4. The van der Waals surface area contributed by atoms with E-state index in [0.29, 0.717) is 11.1 Å². The first-order valence-electron chi connectivity index (χ1n) is 7.55. The largest absolute Gasteiger partial charge is 0.392 e. The first kappa shape index (κ1) is 15.4. The molecule has 0 spiro atoms. The molecule has 1 saturated carbocycles. The molecule has 0 bridgehead atoms. The quantitative estimate of drug-likeness (QED) is 0.539. The summed E-state index contributed by atoms with van der Waals surface area (Å²) in [6, 6.07) is 6.53. The Labute approximate surface area is 132 Å². The van der Waals surface area contributed by atoms with Crippen molar-refractivity contribution in [2.45, 2.75) is 32.6 Å². The molecule has 1 aromatic carbocycles. The van der Waals surface area contributed by atoms with E-state index in [1.807, 2.05) is 6.92 Å². The number of rotatable bonds is 0. The van der Waals surface area contributed by atoms with Crippen LogP contribution in [0, 0.1) is 11.3 Å². The van der Waals surface area contributed by atoms with E-state index < -0.39 is 17.4 Å². The fraction of sp³-hybridized carbons (Fsp3) is 0.412. The van der Waals surface area contributed by atoms with Crippen LogP contribution in [0.25, 0.3) is 0 Å². The number of benzene rings is 1. The minimum absolute atomic E-state index is 0.154. The number of ether oxygens (including phenoxy) is 2. The van der Waals surface area contributed by atoms with Crippen molar-refractivity contribution in [3.8, 4) is 0 Å². The molecule has 23 heavy (non-hydrogen) atoms. The van der Waals surface area contributed by atoms with Crippen molar-refractivity contribution in [1.29, 1.82) is 0 Å². The summed E-state index contributed by atoms with van der Waals surface area (Å²) in [6.07, 6.45) is 3.71. The first-order valence-corrected chi connectivity index (χ1v) is 7.55. The van der Waals surface area contributed by atoms with Gasteiger partial charge in [-0.1, -0.05) is 25.0 Å². The van der Waals surface area contributed by atoms with Crippen LogP contribution >= 0.6 is 0 Å². The maximum Gasteiger partial charge on any atom is 0.346 e. The van der Waals surface area contributed by atoms with Gasteiger partial charge in [-0.2, -0.15) is 0 Å². The number of hydrogen-bond acceptors (Lipinski definition) is 6. The lowest BCUT2D eigenvalue weighted by molar-refractivity contribution is -0.155. The van der Waals surface area contributed by atoms with Crippen molar-refractivity contribution >= 4 is 23.9 Å². The maximum absolute atomic E-state index is 11.3. The van der Waals surface area contributed by atoms with E-state index in [0.717, 1.165) is 25.7 Å². The molecule has 1 aromatic rings. The summed E-state index contributed by atoms with van der Waals surface area (Å²) in [5.41, 5.74) is 0.227. The molecule has 1 aliphatic carbocycles. The molecule has 120 valence electrons. The van der Waals surface area contributed by atoms with Crippen molar-refractivity contribution in [3.63, 3.8) is 0 Å². The van der Waals surface area contributed by atoms with E-state index in [1.165, 1.54) is 0 Å². The normalized spacial score (nSPS) is 28.3. The monoisotopic (exact) mass is 316 g/mol. The SMILES string of the molecule is CC12CCCCC1C(=O)OC2=O.O=C1OC(=O)c2ccccc21. The Morgan fingerprint density at radius 3 is 2.13 bits per heavy atom. The molecule has 0 amide bonds. The van der Waals surface area contributed by atoms with E-state index in [1.54, 1.807) is 24.3 Å². The second-order valence-electron chi connectivity index (χ2n) is 6.15. The molecule has 4 rings (SSSR count). The fourth-order valence-corrected chi connectivity index (χ4v) is 3.27. The second kappa shape index (κ2) is 5.61. The second-order valence-corrected chi connectivity index (χ2v) is 6.15. The van der Waals surface area contributed by atoms with Gasteiger partial charge in [0.2, 0.25) is 0 Å². The van der Waals surface area contributed by atoms with Crippen molar-refractivity contribution in [2.75, 3.05) is 0 Å². The molecule has 2 aliphatic heterocycles. The number of cyclic esters (lactones) is 4. The average molecular weight is 316 g/mol. The van der Waals surface area contributed by atoms with Crippen molar-refractivity contribution in [3.05, 3.63) is 35.4 Å². The highest BCUT2D eigenvalue weighted by molar-refractivity contribution is 6.14. The van der Waals surface area contributed by atoms with Crippen molar-refractivity contribution < 1.29 is 28.7 Å². The average Bonchev–Trinajstić information content (AvgIpc) is 2.95. The topological polar surface area (TPSA) is 86.7 Å². The lowest BCUT2D eigenvalue weighted by Crippen LogP contribution is -2.33. The molecular weight excluding hydrogens is 300 g/mol. The third-order valence-corrected chi connectivity index (χ3v) is 4.70. The summed E-state index contributed by atoms with van der Waals surface area (Å²) in [5.74, 6) is -1.87. The van der Waals surface area contributed by atoms with Gasteiger partial charge in [-0.15, -0.1) is 0 Å². The molecule has 1 saturated heterocycles. The first-order chi connectivity index (χ1) is 10.9. The Bertz CT molecular complexity index is 674. The van der Waals surface area contributed by atoms with Gasteiger partial charge in [-0.05, 0) is 31.9 Å². The molecule has 0 radical (unpaired) electrons. The Morgan fingerprint density at radius 1 is 0.957 bits per heavy atom. The standard InChI is InChI=1S/C9H12O3.C8H4O3/c1-9-5-3-2-4-6(9)7(10)12-8(9)11;9-7-5-3-1-2-4-6(5)8(10)11-7/h6H,2-5H2,1H3;1-4H. The molecule has 2 atom stereocenters. The van der Waals surface area contributed by atoms with Crippen molar-refractivity contribution in [1.82, 2.24) is 0 Å². The van der Waals surface area contributed by atoms with Crippen LogP contribution in [0.5, 0.6) is 0 Å². The predicted octanol–water partition coefficient (Wildman–Crippen LogP) is 2.26. The molecule has 2 fully saturated rings. The molecule has 6 nitrogen and oxygen atoms in total. The predicted molar refractivity (Wildman–Crippen MR) is 77.4 cm³/mol. The van der Waals surface area contributed by atoms with E-state index >= 15 is 0 Å². The molecule has 0 aromatic heterocycles. The summed E-state index contributed by atoms with van der Waals surface area (Å²) in [4.78, 5) is 44.1. The van der Waals surface area contributed by atoms with Gasteiger partial charge in [0.1, 0.15) is 0 Å². The fourth-order valence-electron chi connectivity index (χ4n) is 3.27. The Hall–Kier alpha value is -2.50. The Balaban J connectivity index is 0.000000136. The Kier molecular flexibility index (Phi) is 3.75. The van der Waals surface area contributed by atoms with E-state index in [4.69, 9.17) is 0 Å². The summed E-state index contributed by atoms with van der Waals surface area (Å²) < 4.78 is 8.99. The van der Waals surface area contributed by atoms with Gasteiger partial charge in [0.25, 0.3) is 0 Å². The molecule has 0 N–H and O–H groups in total. The third kappa shape index (κ3) is 2.54. The van der Waals surface area contributed by atoms with Crippen LogP contribution in [0.4, 0.5) is 0 Å². The third-order valence-electron chi connectivity index (χ3n) is 4.70. The zero-order valence-electron chi connectivity index (χ0n) is 12.7. The summed E-state index contributed by atoms with van der Waals surface area (Å²) in [6.45, 7) is 1.85. The van der Waals surface area contributed by atoms with Gasteiger partial charge in [-0.25, -0.2) is 9.59 Å². The van der Waals surface area contributed by atoms with Crippen LogP contribution < -0.4 is 0 Å². The molecule has 3 aliphatic rings. The highest BCUT2D eigenvalue weighted by Crippen LogP contribution is 2.46. The Morgan fingerprint density at radius 2 is 1.57 bits per heavy atom. The lowest BCUT2D eigenvalue weighted by atomic mass is 9.69. The molecule has 2 heterocycles. The van der Waals surface area contributed by atoms with E-state index in [9.17, 15) is 19.2 Å². The summed E-state index contributed by atoms with van der Waals surface area (Å²) >= 11 is 0. The summed E-state index contributed by atoms with van der Waals surface area (Å²) in [7, 11) is 0. The van der Waals surface area contributed by atoms with Gasteiger partial charge in [0.05, 0.1) is 22.5 Å².